The van der Waals surface area contributed by atoms with Gasteiger partial charge in [0.25, 0.3) is 10.0 Å². The average molecular weight is 297 g/mol. The van der Waals surface area contributed by atoms with Crippen molar-refractivity contribution in [2.45, 2.75) is 24.9 Å². The lowest BCUT2D eigenvalue weighted by atomic mass is 10.2. The minimum absolute atomic E-state index is 0.121. The molecule has 2 aromatic rings. The molecule has 0 aliphatic carbocycles. The molecule has 2 heterocycles. The van der Waals surface area contributed by atoms with Gasteiger partial charge in [-0.05, 0) is 35.6 Å². The van der Waals surface area contributed by atoms with Gasteiger partial charge in [-0.3, -0.25) is 0 Å². The minimum atomic E-state index is -3.67. The van der Waals surface area contributed by atoms with Crippen molar-refractivity contribution in [3.63, 3.8) is 0 Å². The summed E-state index contributed by atoms with van der Waals surface area (Å²) >= 11 is 1.54. The maximum Gasteiger partial charge on any atom is 0.260 e. The fraction of sp³-hybridized carbons (Fsp3) is 0.250. The van der Waals surface area contributed by atoms with E-state index < -0.39 is 10.0 Å². The summed E-state index contributed by atoms with van der Waals surface area (Å²) in [6, 6.07) is 5.12. The summed E-state index contributed by atoms with van der Waals surface area (Å²) in [5, 5.41) is 1.84. The Morgan fingerprint density at radius 1 is 1.42 bits per heavy atom. The van der Waals surface area contributed by atoms with E-state index in [0.29, 0.717) is 0 Å². The molecule has 0 amide bonds. The molecule has 0 saturated carbocycles. The van der Waals surface area contributed by atoms with Gasteiger partial charge in [-0.15, -0.1) is 11.3 Å². The first-order valence-electron chi connectivity index (χ1n) is 5.80. The van der Waals surface area contributed by atoms with Gasteiger partial charge in [0, 0.05) is 17.6 Å². The van der Waals surface area contributed by atoms with E-state index >= 15 is 0 Å². The van der Waals surface area contributed by atoms with Crippen LogP contribution in [0.5, 0.6) is 0 Å². The number of anilines is 1. The monoisotopic (exact) mass is 297 g/mol. The van der Waals surface area contributed by atoms with E-state index in [0.717, 1.165) is 16.9 Å². The van der Waals surface area contributed by atoms with Gasteiger partial charge in [0.05, 0.1) is 5.69 Å². The van der Waals surface area contributed by atoms with Crippen LogP contribution in [-0.2, 0) is 23.0 Å². The van der Waals surface area contributed by atoms with E-state index in [1.807, 2.05) is 18.4 Å². The molecule has 2 aromatic heterocycles. The first-order chi connectivity index (χ1) is 9.04. The van der Waals surface area contributed by atoms with Crippen LogP contribution in [0, 0.1) is 0 Å². The highest BCUT2D eigenvalue weighted by molar-refractivity contribution is 7.89. The molecule has 5 nitrogen and oxygen atoms in total. The molecule has 0 spiro atoms. The van der Waals surface area contributed by atoms with Crippen LogP contribution >= 0.6 is 11.3 Å². The normalized spacial score (nSPS) is 11.6. The summed E-state index contributed by atoms with van der Waals surface area (Å²) in [4.78, 5) is 4.83. The van der Waals surface area contributed by atoms with Crippen LogP contribution in [0.1, 0.15) is 17.4 Å². The van der Waals surface area contributed by atoms with Crippen LogP contribution < -0.4 is 10.5 Å². The predicted octanol–water partition coefficient (Wildman–Crippen LogP) is 1.77. The summed E-state index contributed by atoms with van der Waals surface area (Å²) in [5.41, 5.74) is 6.94. The van der Waals surface area contributed by atoms with E-state index in [4.69, 9.17) is 5.73 Å². The second kappa shape index (κ2) is 5.68. The third-order valence-corrected chi connectivity index (χ3v) is 5.03. The molecule has 7 heteroatoms. The van der Waals surface area contributed by atoms with Crippen molar-refractivity contribution >= 4 is 27.0 Å². The number of nitrogen functional groups attached to an aromatic ring is 1. The molecule has 0 radical (unpaired) electrons. The molecule has 0 aromatic carbocycles. The Hall–Kier alpha value is -1.44. The number of hydrogen-bond donors (Lipinski definition) is 2. The maximum absolute atomic E-state index is 12.1. The lowest BCUT2D eigenvalue weighted by Crippen LogP contribution is -2.25. The molecule has 0 bridgehead atoms. The predicted molar refractivity (Wildman–Crippen MR) is 76.4 cm³/mol. The zero-order valence-corrected chi connectivity index (χ0v) is 12.1. The standard InChI is InChI=1S/C12H15N3O2S2/c1-2-9-5-7-18-11(9)8-15-19(16,17)12-10(13)4-3-6-14-12/h3-7,15H,2,8,13H2,1H3. The van der Waals surface area contributed by atoms with Gasteiger partial charge in [-0.2, -0.15) is 0 Å². The van der Waals surface area contributed by atoms with E-state index in [-0.39, 0.29) is 17.3 Å². The lowest BCUT2D eigenvalue weighted by molar-refractivity contribution is 0.578. The highest BCUT2D eigenvalue weighted by Gasteiger charge is 2.19. The number of nitrogens with zero attached hydrogens (tertiary/aromatic N) is 1. The van der Waals surface area contributed by atoms with Gasteiger partial charge in [-0.1, -0.05) is 6.92 Å². The zero-order chi connectivity index (χ0) is 13.9. The SMILES string of the molecule is CCc1ccsc1CNS(=O)(=O)c1ncccc1N. The first kappa shape index (κ1) is 14.0. The van der Waals surface area contributed by atoms with Crippen molar-refractivity contribution in [1.82, 2.24) is 9.71 Å². The number of nitrogens with two attached hydrogens (primary N) is 1. The van der Waals surface area contributed by atoms with E-state index in [1.54, 1.807) is 6.07 Å². The second-order valence-corrected chi connectivity index (χ2v) is 6.63. The first-order valence-corrected chi connectivity index (χ1v) is 8.16. The number of aromatic nitrogens is 1. The highest BCUT2D eigenvalue weighted by Crippen LogP contribution is 2.19. The number of nitrogens with one attached hydrogen (secondary N) is 1. The molecule has 0 atom stereocenters. The summed E-state index contributed by atoms with van der Waals surface area (Å²) in [6.45, 7) is 2.30. The molecule has 0 aliphatic heterocycles. The molecule has 0 unspecified atom stereocenters. The lowest BCUT2D eigenvalue weighted by Gasteiger charge is -2.07. The molecule has 0 aliphatic rings. The average Bonchev–Trinajstić information content (AvgIpc) is 2.84. The van der Waals surface area contributed by atoms with Crippen LogP contribution in [0.3, 0.4) is 0 Å². The number of hydrogen-bond acceptors (Lipinski definition) is 5. The number of rotatable bonds is 5. The summed E-state index contributed by atoms with van der Waals surface area (Å²) in [7, 11) is -3.67. The van der Waals surface area contributed by atoms with Crippen LogP contribution in [0.4, 0.5) is 5.69 Å². The summed E-state index contributed by atoms with van der Waals surface area (Å²) in [6.07, 6.45) is 2.29. The topological polar surface area (TPSA) is 85.1 Å². The Morgan fingerprint density at radius 2 is 2.21 bits per heavy atom. The molecule has 0 saturated heterocycles. The Kier molecular flexibility index (Phi) is 4.18. The smallest absolute Gasteiger partial charge is 0.260 e. The molecule has 3 N–H and O–H groups in total. The Morgan fingerprint density at radius 3 is 2.89 bits per heavy atom. The fourth-order valence-corrected chi connectivity index (χ4v) is 3.75. The van der Waals surface area contributed by atoms with Crippen molar-refractivity contribution in [3.8, 4) is 0 Å². The highest BCUT2D eigenvalue weighted by atomic mass is 32.2. The van der Waals surface area contributed by atoms with Crippen molar-refractivity contribution in [2.75, 3.05) is 5.73 Å². The molecule has 19 heavy (non-hydrogen) atoms. The van der Waals surface area contributed by atoms with E-state index in [2.05, 4.69) is 9.71 Å². The molecular weight excluding hydrogens is 282 g/mol. The van der Waals surface area contributed by atoms with Gasteiger partial charge in [-0.25, -0.2) is 18.1 Å². The number of sulfonamides is 1. The Labute approximate surface area is 116 Å². The number of thiophene rings is 1. The number of aryl methyl sites for hydroxylation is 1. The van der Waals surface area contributed by atoms with Crippen molar-refractivity contribution in [2.24, 2.45) is 0 Å². The largest absolute Gasteiger partial charge is 0.396 e. The molecule has 2 rings (SSSR count). The van der Waals surface area contributed by atoms with Crippen LogP contribution in [0.25, 0.3) is 0 Å². The van der Waals surface area contributed by atoms with Crippen LogP contribution in [0.2, 0.25) is 0 Å². The van der Waals surface area contributed by atoms with Crippen molar-refractivity contribution < 1.29 is 8.42 Å². The minimum Gasteiger partial charge on any atom is -0.396 e. The third kappa shape index (κ3) is 3.12. The van der Waals surface area contributed by atoms with Gasteiger partial charge >= 0.3 is 0 Å². The Bertz CT molecular complexity index is 665. The van der Waals surface area contributed by atoms with E-state index in [1.165, 1.54) is 23.6 Å². The van der Waals surface area contributed by atoms with Gasteiger partial charge in [0.2, 0.25) is 0 Å². The Balaban J connectivity index is 2.17. The maximum atomic E-state index is 12.1. The molecule has 0 fully saturated rings. The van der Waals surface area contributed by atoms with Crippen LogP contribution in [0.15, 0.2) is 34.8 Å². The van der Waals surface area contributed by atoms with Crippen molar-refractivity contribution in [1.29, 1.82) is 0 Å². The van der Waals surface area contributed by atoms with Gasteiger partial charge in [0.1, 0.15) is 0 Å². The summed E-state index contributed by atoms with van der Waals surface area (Å²) in [5.74, 6) is 0. The third-order valence-electron chi connectivity index (χ3n) is 2.70. The van der Waals surface area contributed by atoms with Gasteiger partial charge < -0.3 is 5.73 Å². The summed E-state index contributed by atoms with van der Waals surface area (Å²) < 4.78 is 26.7. The quantitative estimate of drug-likeness (QED) is 0.880. The van der Waals surface area contributed by atoms with Crippen LogP contribution in [-0.4, -0.2) is 13.4 Å². The zero-order valence-electron chi connectivity index (χ0n) is 10.5. The van der Waals surface area contributed by atoms with Gasteiger partial charge in [0.15, 0.2) is 5.03 Å². The van der Waals surface area contributed by atoms with Crippen molar-refractivity contribution in [3.05, 3.63) is 40.2 Å². The second-order valence-electron chi connectivity index (χ2n) is 3.94. The fourth-order valence-electron chi connectivity index (χ4n) is 1.69. The molecular formula is C12H15N3O2S2. The number of pyridine rings is 1. The molecule has 102 valence electrons. The van der Waals surface area contributed by atoms with E-state index in [9.17, 15) is 8.42 Å².